The van der Waals surface area contributed by atoms with E-state index < -0.39 is 0 Å². The first-order chi connectivity index (χ1) is 9.31. The highest BCUT2D eigenvalue weighted by molar-refractivity contribution is 5.66. The normalized spacial score (nSPS) is 10.4. The van der Waals surface area contributed by atoms with Crippen molar-refractivity contribution in [1.29, 1.82) is 0 Å². The van der Waals surface area contributed by atoms with Crippen molar-refractivity contribution in [1.82, 2.24) is 5.32 Å². The minimum atomic E-state index is -0.266. The van der Waals surface area contributed by atoms with Gasteiger partial charge >= 0.3 is 6.09 Å². The number of nitrogens with one attached hydrogen (secondary N) is 1. The second-order valence-corrected chi connectivity index (χ2v) is 5.24. The van der Waals surface area contributed by atoms with E-state index in [-0.39, 0.29) is 6.09 Å². The SMILES string of the molecule is CCCCCCCCCCCCNC(=O)OCCC. The van der Waals surface area contributed by atoms with E-state index in [2.05, 4.69) is 12.2 Å². The summed E-state index contributed by atoms with van der Waals surface area (Å²) in [7, 11) is 0. The number of carbonyl (C=O) groups is 1. The lowest BCUT2D eigenvalue weighted by atomic mass is 10.1. The second-order valence-electron chi connectivity index (χ2n) is 5.24. The second kappa shape index (κ2) is 15.3. The zero-order valence-electron chi connectivity index (χ0n) is 13.0. The van der Waals surface area contributed by atoms with Crippen LogP contribution in [-0.2, 0) is 4.74 Å². The topological polar surface area (TPSA) is 38.3 Å². The molecule has 0 bridgehead atoms. The number of amides is 1. The average molecular weight is 271 g/mol. The summed E-state index contributed by atoms with van der Waals surface area (Å²) in [5.74, 6) is 0. The van der Waals surface area contributed by atoms with Gasteiger partial charge in [0.25, 0.3) is 0 Å². The van der Waals surface area contributed by atoms with E-state index in [0.29, 0.717) is 6.61 Å². The largest absolute Gasteiger partial charge is 0.450 e. The molecular formula is C16H33NO2. The predicted molar refractivity (Wildman–Crippen MR) is 81.5 cm³/mol. The van der Waals surface area contributed by atoms with E-state index in [1.54, 1.807) is 0 Å². The summed E-state index contributed by atoms with van der Waals surface area (Å²) >= 11 is 0. The van der Waals surface area contributed by atoms with Crippen LogP contribution in [-0.4, -0.2) is 19.2 Å². The summed E-state index contributed by atoms with van der Waals surface area (Å²) < 4.78 is 4.93. The third kappa shape index (κ3) is 15.2. The van der Waals surface area contributed by atoms with E-state index in [0.717, 1.165) is 19.4 Å². The van der Waals surface area contributed by atoms with Gasteiger partial charge in [-0.05, 0) is 12.8 Å². The summed E-state index contributed by atoms with van der Waals surface area (Å²) in [6, 6.07) is 0. The van der Waals surface area contributed by atoms with Crippen molar-refractivity contribution < 1.29 is 9.53 Å². The van der Waals surface area contributed by atoms with Crippen molar-refractivity contribution in [2.75, 3.05) is 13.2 Å². The molecule has 0 rings (SSSR count). The van der Waals surface area contributed by atoms with Crippen molar-refractivity contribution in [2.24, 2.45) is 0 Å². The number of hydrogen-bond donors (Lipinski definition) is 1. The van der Waals surface area contributed by atoms with E-state index in [1.165, 1.54) is 57.8 Å². The van der Waals surface area contributed by atoms with Crippen molar-refractivity contribution in [3.63, 3.8) is 0 Å². The molecule has 0 atom stereocenters. The van der Waals surface area contributed by atoms with Crippen LogP contribution in [0.3, 0.4) is 0 Å². The van der Waals surface area contributed by atoms with Gasteiger partial charge in [0.2, 0.25) is 0 Å². The maximum Gasteiger partial charge on any atom is 0.407 e. The summed E-state index contributed by atoms with van der Waals surface area (Å²) in [5.41, 5.74) is 0. The minimum Gasteiger partial charge on any atom is -0.450 e. The molecule has 1 N–H and O–H groups in total. The lowest BCUT2D eigenvalue weighted by Gasteiger charge is -2.05. The van der Waals surface area contributed by atoms with Crippen LogP contribution in [0.2, 0.25) is 0 Å². The van der Waals surface area contributed by atoms with Gasteiger partial charge in [0.05, 0.1) is 6.61 Å². The highest BCUT2D eigenvalue weighted by atomic mass is 16.5. The molecule has 0 radical (unpaired) electrons. The lowest BCUT2D eigenvalue weighted by Crippen LogP contribution is -2.25. The summed E-state index contributed by atoms with van der Waals surface area (Å²) in [4.78, 5) is 11.1. The summed E-state index contributed by atoms with van der Waals surface area (Å²) in [6.45, 7) is 5.52. The first-order valence-electron chi connectivity index (χ1n) is 8.21. The van der Waals surface area contributed by atoms with Gasteiger partial charge in [-0.25, -0.2) is 4.79 Å². The fourth-order valence-electron chi connectivity index (χ4n) is 2.05. The molecule has 1 amide bonds. The van der Waals surface area contributed by atoms with Crippen LogP contribution in [0.25, 0.3) is 0 Å². The van der Waals surface area contributed by atoms with Gasteiger partial charge in [0.1, 0.15) is 0 Å². The van der Waals surface area contributed by atoms with Crippen LogP contribution in [0.1, 0.15) is 84.5 Å². The molecule has 19 heavy (non-hydrogen) atoms. The first kappa shape index (κ1) is 18.3. The van der Waals surface area contributed by atoms with E-state index in [4.69, 9.17) is 4.74 Å². The minimum absolute atomic E-state index is 0.266. The number of rotatable bonds is 13. The summed E-state index contributed by atoms with van der Waals surface area (Å²) in [6.07, 6.45) is 13.8. The zero-order valence-corrected chi connectivity index (χ0v) is 13.0. The number of carbonyl (C=O) groups excluding carboxylic acids is 1. The Kier molecular flexibility index (Phi) is 14.7. The van der Waals surface area contributed by atoms with E-state index in [9.17, 15) is 4.79 Å². The molecule has 3 heteroatoms. The quantitative estimate of drug-likeness (QED) is 0.476. The molecule has 3 nitrogen and oxygen atoms in total. The van der Waals surface area contributed by atoms with Crippen molar-refractivity contribution in [2.45, 2.75) is 84.5 Å². The van der Waals surface area contributed by atoms with Crippen molar-refractivity contribution in [3.05, 3.63) is 0 Å². The Labute approximate surface area is 119 Å². The van der Waals surface area contributed by atoms with Gasteiger partial charge in [-0.3, -0.25) is 0 Å². The van der Waals surface area contributed by atoms with Gasteiger partial charge in [-0.2, -0.15) is 0 Å². The highest BCUT2D eigenvalue weighted by Crippen LogP contribution is 2.10. The monoisotopic (exact) mass is 271 g/mol. The molecule has 0 aromatic heterocycles. The Balaban J connectivity index is 3.04. The molecule has 0 aromatic carbocycles. The number of alkyl carbamates (subject to hydrolysis) is 1. The maximum atomic E-state index is 11.1. The molecule has 0 aliphatic rings. The van der Waals surface area contributed by atoms with Gasteiger partial charge in [-0.1, -0.05) is 71.6 Å². The van der Waals surface area contributed by atoms with Crippen LogP contribution in [0.5, 0.6) is 0 Å². The Morgan fingerprint density at radius 2 is 1.32 bits per heavy atom. The molecule has 0 aromatic rings. The average Bonchev–Trinajstić information content (AvgIpc) is 2.42. The fraction of sp³-hybridized carbons (Fsp3) is 0.938. The van der Waals surface area contributed by atoms with E-state index >= 15 is 0 Å². The van der Waals surface area contributed by atoms with Crippen LogP contribution in [0, 0.1) is 0 Å². The third-order valence-corrected chi connectivity index (χ3v) is 3.24. The van der Waals surface area contributed by atoms with Crippen LogP contribution in [0.15, 0.2) is 0 Å². The molecule has 0 aliphatic carbocycles. The number of hydrogen-bond acceptors (Lipinski definition) is 2. The molecule has 0 fully saturated rings. The molecule has 114 valence electrons. The molecule has 0 unspecified atom stereocenters. The predicted octanol–water partition coefficient (Wildman–Crippen LogP) is 5.04. The molecule has 0 saturated heterocycles. The molecule has 0 heterocycles. The van der Waals surface area contributed by atoms with E-state index in [1.807, 2.05) is 6.92 Å². The smallest absolute Gasteiger partial charge is 0.407 e. The fourth-order valence-corrected chi connectivity index (χ4v) is 2.05. The summed E-state index contributed by atoms with van der Waals surface area (Å²) in [5, 5.41) is 2.78. The van der Waals surface area contributed by atoms with Crippen molar-refractivity contribution >= 4 is 6.09 Å². The van der Waals surface area contributed by atoms with Crippen LogP contribution in [0.4, 0.5) is 4.79 Å². The van der Waals surface area contributed by atoms with Gasteiger partial charge in [0.15, 0.2) is 0 Å². The zero-order chi connectivity index (χ0) is 14.2. The molecular weight excluding hydrogens is 238 g/mol. The van der Waals surface area contributed by atoms with Gasteiger partial charge < -0.3 is 10.1 Å². The Morgan fingerprint density at radius 3 is 1.84 bits per heavy atom. The standard InChI is InChI=1S/C16H33NO2/c1-3-5-6-7-8-9-10-11-12-13-14-17-16(18)19-15-4-2/h3-15H2,1-2H3,(H,17,18). The molecule has 0 aliphatic heterocycles. The van der Waals surface area contributed by atoms with Crippen LogP contribution >= 0.6 is 0 Å². The molecule has 0 spiro atoms. The maximum absolute atomic E-state index is 11.1. The Morgan fingerprint density at radius 1 is 0.789 bits per heavy atom. The Bertz CT molecular complexity index is 195. The van der Waals surface area contributed by atoms with Gasteiger partial charge in [-0.15, -0.1) is 0 Å². The van der Waals surface area contributed by atoms with Crippen LogP contribution < -0.4 is 5.32 Å². The first-order valence-corrected chi connectivity index (χ1v) is 8.21. The van der Waals surface area contributed by atoms with Crippen molar-refractivity contribution in [3.8, 4) is 0 Å². The number of unbranched alkanes of at least 4 members (excludes halogenated alkanes) is 9. The number of ether oxygens (including phenoxy) is 1. The van der Waals surface area contributed by atoms with Gasteiger partial charge in [0, 0.05) is 6.54 Å². The molecule has 0 saturated carbocycles. The lowest BCUT2D eigenvalue weighted by molar-refractivity contribution is 0.146. The Hall–Kier alpha value is -0.730. The highest BCUT2D eigenvalue weighted by Gasteiger charge is 1.99. The third-order valence-electron chi connectivity index (χ3n) is 3.24.